The third kappa shape index (κ3) is 3.48. The van der Waals surface area contributed by atoms with E-state index in [0.717, 1.165) is 5.56 Å². The summed E-state index contributed by atoms with van der Waals surface area (Å²) in [6.45, 7) is 0.455. The van der Waals surface area contributed by atoms with Crippen molar-refractivity contribution in [3.63, 3.8) is 0 Å². The summed E-state index contributed by atoms with van der Waals surface area (Å²) in [5.74, 6) is 0.983. The van der Waals surface area contributed by atoms with Crippen LogP contribution in [-0.4, -0.2) is 13.7 Å². The Morgan fingerprint density at radius 2 is 1.85 bits per heavy atom. The van der Waals surface area contributed by atoms with E-state index in [1.54, 1.807) is 13.2 Å². The number of hydrogen-bond acceptors (Lipinski definition) is 3. The molecule has 1 atom stereocenters. The van der Waals surface area contributed by atoms with Crippen LogP contribution in [0.4, 0.5) is 4.39 Å². The summed E-state index contributed by atoms with van der Waals surface area (Å²) in [5.41, 5.74) is 6.39. The molecule has 4 heteroatoms. The summed E-state index contributed by atoms with van der Waals surface area (Å²) in [6, 6.07) is 13.7. The molecule has 0 aliphatic rings. The Bertz CT molecular complexity index is 560. The van der Waals surface area contributed by atoms with Crippen molar-refractivity contribution in [2.75, 3.05) is 13.7 Å². The summed E-state index contributed by atoms with van der Waals surface area (Å²) in [4.78, 5) is 0. The third-order valence-electron chi connectivity index (χ3n) is 2.99. The molecule has 106 valence electrons. The molecule has 0 fully saturated rings. The molecule has 1 unspecified atom stereocenters. The topological polar surface area (TPSA) is 44.5 Å². The van der Waals surface area contributed by atoms with Crippen LogP contribution in [0.15, 0.2) is 48.5 Å². The maximum Gasteiger partial charge on any atom is 0.162 e. The highest BCUT2D eigenvalue weighted by Crippen LogP contribution is 2.32. The van der Waals surface area contributed by atoms with E-state index in [1.807, 2.05) is 30.3 Å². The van der Waals surface area contributed by atoms with Crippen molar-refractivity contribution in [2.45, 2.75) is 12.5 Å². The largest absolute Gasteiger partial charge is 0.493 e. The average Bonchev–Trinajstić information content (AvgIpc) is 2.47. The summed E-state index contributed by atoms with van der Waals surface area (Å²) in [5, 5.41) is 0. The van der Waals surface area contributed by atoms with Gasteiger partial charge in [0.2, 0.25) is 0 Å². The lowest BCUT2D eigenvalue weighted by Crippen LogP contribution is -2.13. The SMILES string of the molecule is COc1ccccc1OC(CCN)c1cccc(F)c1. The van der Waals surface area contributed by atoms with Gasteiger partial charge in [0.05, 0.1) is 7.11 Å². The van der Waals surface area contributed by atoms with E-state index in [1.165, 1.54) is 12.1 Å². The highest BCUT2D eigenvalue weighted by Gasteiger charge is 2.15. The van der Waals surface area contributed by atoms with E-state index >= 15 is 0 Å². The molecular formula is C16H18FNO2. The molecular weight excluding hydrogens is 257 g/mol. The van der Waals surface area contributed by atoms with Gasteiger partial charge in [0.1, 0.15) is 11.9 Å². The van der Waals surface area contributed by atoms with Crippen LogP contribution in [0.1, 0.15) is 18.1 Å². The molecule has 2 rings (SSSR count). The average molecular weight is 275 g/mol. The number of benzene rings is 2. The molecule has 0 saturated carbocycles. The van der Waals surface area contributed by atoms with E-state index < -0.39 is 0 Å². The minimum Gasteiger partial charge on any atom is -0.493 e. The smallest absolute Gasteiger partial charge is 0.162 e. The number of methoxy groups -OCH3 is 1. The molecule has 0 bridgehead atoms. The molecule has 0 amide bonds. The number of nitrogens with two attached hydrogens (primary N) is 1. The molecule has 0 saturated heterocycles. The van der Waals surface area contributed by atoms with Gasteiger partial charge in [0.15, 0.2) is 11.5 Å². The van der Waals surface area contributed by atoms with Crippen LogP contribution < -0.4 is 15.2 Å². The molecule has 2 N–H and O–H groups in total. The lowest BCUT2D eigenvalue weighted by Gasteiger charge is -2.20. The Morgan fingerprint density at radius 3 is 2.50 bits per heavy atom. The zero-order valence-electron chi connectivity index (χ0n) is 11.4. The first-order valence-corrected chi connectivity index (χ1v) is 6.50. The third-order valence-corrected chi connectivity index (χ3v) is 2.99. The summed E-state index contributed by atoms with van der Waals surface area (Å²) in [6.07, 6.45) is 0.300. The lowest BCUT2D eigenvalue weighted by molar-refractivity contribution is 0.189. The predicted molar refractivity (Wildman–Crippen MR) is 76.4 cm³/mol. The van der Waals surface area contributed by atoms with Crippen LogP contribution >= 0.6 is 0 Å². The van der Waals surface area contributed by atoms with Gasteiger partial charge in [0, 0.05) is 6.42 Å². The number of halogens is 1. The van der Waals surface area contributed by atoms with Gasteiger partial charge < -0.3 is 15.2 Å². The Morgan fingerprint density at radius 1 is 1.10 bits per heavy atom. The summed E-state index contributed by atoms with van der Waals surface area (Å²) < 4.78 is 24.5. The fraction of sp³-hybridized carbons (Fsp3) is 0.250. The van der Waals surface area contributed by atoms with Crippen LogP contribution in [0.25, 0.3) is 0 Å². The van der Waals surface area contributed by atoms with E-state index in [4.69, 9.17) is 15.2 Å². The minimum atomic E-state index is -0.299. The maximum absolute atomic E-state index is 13.3. The lowest BCUT2D eigenvalue weighted by atomic mass is 10.1. The number of hydrogen-bond donors (Lipinski definition) is 1. The van der Waals surface area contributed by atoms with E-state index in [2.05, 4.69) is 0 Å². The molecule has 2 aromatic carbocycles. The fourth-order valence-electron chi connectivity index (χ4n) is 2.02. The molecule has 20 heavy (non-hydrogen) atoms. The van der Waals surface area contributed by atoms with Crippen LogP contribution in [0.2, 0.25) is 0 Å². The zero-order chi connectivity index (χ0) is 14.4. The predicted octanol–water partition coefficient (Wildman–Crippen LogP) is 3.30. The van der Waals surface area contributed by atoms with Gasteiger partial charge in [-0.2, -0.15) is 0 Å². The van der Waals surface area contributed by atoms with Crippen molar-refractivity contribution in [3.05, 3.63) is 59.9 Å². The number of para-hydroxylation sites is 2. The Kier molecular flexibility index (Phi) is 4.96. The van der Waals surface area contributed by atoms with Gasteiger partial charge in [-0.15, -0.1) is 0 Å². The van der Waals surface area contributed by atoms with Crippen molar-refractivity contribution in [1.82, 2.24) is 0 Å². The van der Waals surface area contributed by atoms with Crippen molar-refractivity contribution < 1.29 is 13.9 Å². The number of ether oxygens (including phenoxy) is 2. The molecule has 0 aliphatic carbocycles. The fourth-order valence-corrected chi connectivity index (χ4v) is 2.02. The first-order valence-electron chi connectivity index (χ1n) is 6.50. The Balaban J connectivity index is 2.25. The minimum absolute atomic E-state index is 0.284. The monoisotopic (exact) mass is 275 g/mol. The molecule has 2 aromatic rings. The first kappa shape index (κ1) is 14.3. The molecule has 0 aliphatic heterocycles. The molecule has 0 spiro atoms. The van der Waals surface area contributed by atoms with E-state index in [9.17, 15) is 4.39 Å². The van der Waals surface area contributed by atoms with Crippen LogP contribution in [-0.2, 0) is 0 Å². The van der Waals surface area contributed by atoms with E-state index in [-0.39, 0.29) is 11.9 Å². The second-order valence-electron chi connectivity index (χ2n) is 4.39. The van der Waals surface area contributed by atoms with Gasteiger partial charge in [-0.1, -0.05) is 24.3 Å². The highest BCUT2D eigenvalue weighted by atomic mass is 19.1. The standard InChI is InChI=1S/C16H18FNO2/c1-19-15-7-2-3-8-16(15)20-14(9-10-18)12-5-4-6-13(17)11-12/h2-8,11,14H,9-10,18H2,1H3. The van der Waals surface area contributed by atoms with Crippen molar-refractivity contribution in [2.24, 2.45) is 5.73 Å². The molecule has 3 nitrogen and oxygen atoms in total. The quantitative estimate of drug-likeness (QED) is 0.879. The van der Waals surface area contributed by atoms with Crippen LogP contribution in [0.3, 0.4) is 0 Å². The van der Waals surface area contributed by atoms with Crippen LogP contribution in [0, 0.1) is 5.82 Å². The van der Waals surface area contributed by atoms with E-state index in [0.29, 0.717) is 24.5 Å². The summed E-state index contributed by atoms with van der Waals surface area (Å²) >= 11 is 0. The summed E-state index contributed by atoms with van der Waals surface area (Å²) in [7, 11) is 1.59. The first-order chi connectivity index (χ1) is 9.74. The van der Waals surface area contributed by atoms with Crippen molar-refractivity contribution in [1.29, 1.82) is 0 Å². The molecule has 0 heterocycles. The van der Waals surface area contributed by atoms with Crippen molar-refractivity contribution in [3.8, 4) is 11.5 Å². The highest BCUT2D eigenvalue weighted by molar-refractivity contribution is 5.40. The van der Waals surface area contributed by atoms with Crippen molar-refractivity contribution >= 4 is 0 Å². The second kappa shape index (κ2) is 6.91. The second-order valence-corrected chi connectivity index (χ2v) is 4.39. The van der Waals surface area contributed by atoms with Gasteiger partial charge >= 0.3 is 0 Å². The molecule has 0 radical (unpaired) electrons. The van der Waals surface area contributed by atoms with Gasteiger partial charge in [0.25, 0.3) is 0 Å². The molecule has 0 aromatic heterocycles. The van der Waals surface area contributed by atoms with Crippen LogP contribution in [0.5, 0.6) is 11.5 Å². The van der Waals surface area contributed by atoms with Gasteiger partial charge in [-0.05, 0) is 36.4 Å². The maximum atomic E-state index is 13.3. The van der Waals surface area contributed by atoms with Gasteiger partial charge in [-0.25, -0.2) is 4.39 Å². The normalized spacial score (nSPS) is 11.9. The van der Waals surface area contributed by atoms with Gasteiger partial charge in [-0.3, -0.25) is 0 Å². The Hall–Kier alpha value is -2.07. The Labute approximate surface area is 118 Å². The number of rotatable bonds is 6. The zero-order valence-corrected chi connectivity index (χ0v) is 11.4.